The molecule has 1 rings (SSSR count). The quantitative estimate of drug-likeness (QED) is 0.372. The van der Waals surface area contributed by atoms with Crippen molar-refractivity contribution in [3.05, 3.63) is 77.3 Å². The molecule has 1 aromatic carbocycles. The average Bonchev–Trinajstić information content (AvgIpc) is 2.58. The van der Waals surface area contributed by atoms with Crippen LogP contribution in [-0.2, 0) is 0 Å². The maximum Gasteiger partial charge on any atom is 0.0638 e. The molecule has 0 aliphatic heterocycles. The lowest BCUT2D eigenvalue weighted by Crippen LogP contribution is -2.16. The van der Waals surface area contributed by atoms with Gasteiger partial charge in [-0.05, 0) is 56.5 Å². The Labute approximate surface area is 147 Å². The lowest BCUT2D eigenvalue weighted by Gasteiger charge is -2.23. The zero-order valence-corrected chi connectivity index (χ0v) is 15.6. The first-order chi connectivity index (χ1) is 11.4. The molecule has 0 saturated carbocycles. The van der Waals surface area contributed by atoms with Crippen molar-refractivity contribution >= 4 is 12.8 Å². The van der Waals surface area contributed by atoms with Crippen molar-refractivity contribution in [1.82, 2.24) is 9.91 Å². The number of hydrogen-bond donors (Lipinski definition) is 0. The highest BCUT2D eigenvalue weighted by molar-refractivity contribution is 5.60. The molecule has 0 fully saturated rings. The largest absolute Gasteiger partial charge is 0.381 e. The van der Waals surface area contributed by atoms with Crippen LogP contribution in [0, 0.1) is 6.92 Å². The molecule has 0 heterocycles. The third-order valence-electron chi connectivity index (χ3n) is 3.90. The molecule has 1 aromatic rings. The van der Waals surface area contributed by atoms with E-state index in [2.05, 4.69) is 62.3 Å². The minimum Gasteiger partial charge on any atom is -0.381 e. The molecule has 0 bridgehead atoms. The van der Waals surface area contributed by atoms with Crippen LogP contribution in [0.15, 0.2) is 71.3 Å². The Morgan fingerprint density at radius 1 is 1.29 bits per heavy atom. The second-order valence-electron chi connectivity index (χ2n) is 5.69. The monoisotopic (exact) mass is 323 g/mol. The first-order valence-corrected chi connectivity index (χ1v) is 8.19. The first kappa shape index (κ1) is 19.5. The second kappa shape index (κ2) is 9.56. The van der Waals surface area contributed by atoms with Gasteiger partial charge < -0.3 is 4.90 Å². The van der Waals surface area contributed by atoms with Gasteiger partial charge in [-0.2, -0.15) is 5.10 Å². The van der Waals surface area contributed by atoms with Crippen molar-refractivity contribution in [2.45, 2.75) is 27.7 Å². The van der Waals surface area contributed by atoms with E-state index in [0.29, 0.717) is 0 Å². The smallest absolute Gasteiger partial charge is 0.0638 e. The van der Waals surface area contributed by atoms with Gasteiger partial charge in [-0.15, -0.1) is 0 Å². The minimum absolute atomic E-state index is 0.774. The van der Waals surface area contributed by atoms with Gasteiger partial charge in [-0.25, -0.2) is 5.01 Å². The van der Waals surface area contributed by atoms with Crippen molar-refractivity contribution in [2.75, 3.05) is 13.6 Å². The van der Waals surface area contributed by atoms with Gasteiger partial charge in [0.25, 0.3) is 0 Å². The van der Waals surface area contributed by atoms with Crippen LogP contribution in [0.5, 0.6) is 0 Å². The molecule has 0 N–H and O–H groups in total. The van der Waals surface area contributed by atoms with Crippen LogP contribution in [0.4, 0.5) is 0 Å². The molecular formula is C21H29N3. The van der Waals surface area contributed by atoms with Crippen molar-refractivity contribution in [2.24, 2.45) is 5.10 Å². The Kier molecular flexibility index (Phi) is 7.76. The van der Waals surface area contributed by atoms with Crippen LogP contribution in [0.25, 0.3) is 6.08 Å². The molecule has 128 valence electrons. The molecular weight excluding hydrogens is 294 g/mol. The summed E-state index contributed by atoms with van der Waals surface area (Å²) in [7, 11) is 2.02. The van der Waals surface area contributed by atoms with E-state index in [0.717, 1.165) is 23.5 Å². The summed E-state index contributed by atoms with van der Waals surface area (Å²) in [6, 6.07) is 8.32. The molecule has 0 unspecified atom stereocenters. The fourth-order valence-electron chi connectivity index (χ4n) is 2.28. The summed E-state index contributed by atoms with van der Waals surface area (Å²) in [6.45, 7) is 17.0. The van der Waals surface area contributed by atoms with Gasteiger partial charge in [0.05, 0.1) is 11.4 Å². The van der Waals surface area contributed by atoms with Crippen LogP contribution < -0.4 is 0 Å². The van der Waals surface area contributed by atoms with Gasteiger partial charge in [0.1, 0.15) is 0 Å². The van der Waals surface area contributed by atoms with Crippen LogP contribution in [-0.4, -0.2) is 30.2 Å². The number of hydrazone groups is 1. The normalized spacial score (nSPS) is 12.4. The van der Waals surface area contributed by atoms with E-state index in [1.165, 1.54) is 11.1 Å². The summed E-state index contributed by atoms with van der Waals surface area (Å²) in [5.41, 5.74) is 5.30. The Morgan fingerprint density at radius 2 is 1.96 bits per heavy atom. The molecule has 0 aliphatic carbocycles. The molecule has 0 aliphatic rings. The first-order valence-electron chi connectivity index (χ1n) is 8.19. The van der Waals surface area contributed by atoms with Gasteiger partial charge in [-0.3, -0.25) is 0 Å². The highest BCUT2D eigenvalue weighted by Gasteiger charge is 2.11. The summed E-state index contributed by atoms with van der Waals surface area (Å²) in [5, 5.41) is 5.92. The number of benzene rings is 1. The molecule has 0 radical (unpaired) electrons. The summed E-state index contributed by atoms with van der Waals surface area (Å²) < 4.78 is 0. The van der Waals surface area contributed by atoms with Gasteiger partial charge >= 0.3 is 0 Å². The maximum absolute atomic E-state index is 4.15. The van der Waals surface area contributed by atoms with Crippen LogP contribution in [0.2, 0.25) is 0 Å². The summed E-state index contributed by atoms with van der Waals surface area (Å²) in [5.74, 6) is 0. The molecule has 0 amide bonds. The molecule has 0 aromatic heterocycles. The number of allylic oxidation sites excluding steroid dienone is 3. The number of nitrogens with zero attached hydrogens (tertiary/aromatic N) is 3. The Balaban J connectivity index is 3.09. The standard InChI is InChI=1S/C21H29N3/c1-8-21(18(4)16-20-13-11-10-12-17(20)3)24(22-6)19(5)14-15-23(7)9-2/h8,10-16H,5-6,9H2,1-4,7H3/b15-14-,18-16+,21-8-. The van der Waals surface area contributed by atoms with Gasteiger partial charge in [0, 0.05) is 26.5 Å². The zero-order chi connectivity index (χ0) is 18.1. The molecule has 0 saturated heterocycles. The van der Waals surface area contributed by atoms with Gasteiger partial charge in [-0.1, -0.05) is 36.9 Å². The third kappa shape index (κ3) is 5.27. The van der Waals surface area contributed by atoms with Crippen molar-refractivity contribution in [1.29, 1.82) is 0 Å². The number of rotatable bonds is 8. The van der Waals surface area contributed by atoms with Gasteiger partial charge in [0.15, 0.2) is 0 Å². The molecule has 3 nitrogen and oxygen atoms in total. The molecule has 3 heteroatoms. The van der Waals surface area contributed by atoms with E-state index < -0.39 is 0 Å². The second-order valence-corrected chi connectivity index (χ2v) is 5.69. The summed E-state index contributed by atoms with van der Waals surface area (Å²) in [4.78, 5) is 2.08. The third-order valence-corrected chi connectivity index (χ3v) is 3.90. The van der Waals surface area contributed by atoms with Crippen LogP contribution in [0.3, 0.4) is 0 Å². The summed E-state index contributed by atoms with van der Waals surface area (Å²) >= 11 is 0. The molecule has 0 spiro atoms. The average molecular weight is 323 g/mol. The van der Waals surface area contributed by atoms with Crippen LogP contribution in [0.1, 0.15) is 31.9 Å². The highest BCUT2D eigenvalue weighted by atomic mass is 15.5. The number of aryl methyl sites for hydroxylation is 1. The molecule has 24 heavy (non-hydrogen) atoms. The topological polar surface area (TPSA) is 18.8 Å². The predicted molar refractivity (Wildman–Crippen MR) is 107 cm³/mol. The van der Waals surface area contributed by atoms with E-state index in [1.54, 1.807) is 5.01 Å². The van der Waals surface area contributed by atoms with E-state index in [9.17, 15) is 0 Å². The Bertz CT molecular complexity index is 665. The van der Waals surface area contributed by atoms with E-state index in [1.807, 2.05) is 44.5 Å². The Morgan fingerprint density at radius 3 is 2.50 bits per heavy atom. The van der Waals surface area contributed by atoms with Gasteiger partial charge in [0.2, 0.25) is 0 Å². The van der Waals surface area contributed by atoms with E-state index in [-0.39, 0.29) is 0 Å². The fourth-order valence-corrected chi connectivity index (χ4v) is 2.28. The van der Waals surface area contributed by atoms with Crippen LogP contribution >= 0.6 is 0 Å². The lowest BCUT2D eigenvalue weighted by molar-refractivity contribution is 0.465. The van der Waals surface area contributed by atoms with Crippen molar-refractivity contribution in [3.8, 4) is 0 Å². The maximum atomic E-state index is 4.15. The summed E-state index contributed by atoms with van der Waals surface area (Å²) in [6.07, 6.45) is 8.14. The lowest BCUT2D eigenvalue weighted by atomic mass is 10.0. The zero-order valence-electron chi connectivity index (χ0n) is 15.6. The van der Waals surface area contributed by atoms with E-state index >= 15 is 0 Å². The predicted octanol–water partition coefficient (Wildman–Crippen LogP) is 5.20. The fraction of sp³-hybridized carbons (Fsp3) is 0.286. The SMILES string of the molecule is C=NN(C(=C)/C=C\N(C)CC)C(=C\C)/C(C)=C/c1ccccc1C. The Hall–Kier alpha value is -2.55. The number of hydrogen-bond acceptors (Lipinski definition) is 3. The minimum atomic E-state index is 0.774. The van der Waals surface area contributed by atoms with Crippen molar-refractivity contribution < 1.29 is 0 Å². The highest BCUT2D eigenvalue weighted by Crippen LogP contribution is 2.23. The molecule has 0 atom stereocenters. The van der Waals surface area contributed by atoms with Crippen molar-refractivity contribution in [3.63, 3.8) is 0 Å². The van der Waals surface area contributed by atoms with E-state index in [4.69, 9.17) is 0 Å².